The first-order valence-corrected chi connectivity index (χ1v) is 10.8. The SMILES string of the molecule is CC(=O)Nc1ccc(NC2=C(c3ccc(Cl)cc3)C(=O)N(CCc3ccccc3)C2=O)cc1. The molecule has 33 heavy (non-hydrogen) atoms. The van der Waals surface area contributed by atoms with E-state index in [0.29, 0.717) is 34.0 Å². The van der Waals surface area contributed by atoms with E-state index in [2.05, 4.69) is 10.6 Å². The van der Waals surface area contributed by atoms with Gasteiger partial charge in [-0.3, -0.25) is 19.3 Å². The fourth-order valence-electron chi connectivity index (χ4n) is 3.65. The Hall–Kier alpha value is -3.90. The largest absolute Gasteiger partial charge is 0.350 e. The molecule has 0 bridgehead atoms. The molecule has 1 aliphatic rings. The third-order valence-corrected chi connectivity index (χ3v) is 5.49. The number of amides is 3. The Bertz CT molecular complexity index is 1220. The highest BCUT2D eigenvalue weighted by Gasteiger charge is 2.38. The van der Waals surface area contributed by atoms with E-state index in [1.54, 1.807) is 48.5 Å². The quantitative estimate of drug-likeness (QED) is 0.500. The lowest BCUT2D eigenvalue weighted by Gasteiger charge is -2.15. The van der Waals surface area contributed by atoms with Crippen LogP contribution in [0, 0.1) is 0 Å². The molecule has 1 heterocycles. The normalized spacial score (nSPS) is 13.5. The van der Waals surface area contributed by atoms with E-state index in [1.807, 2.05) is 30.3 Å². The molecule has 0 aromatic heterocycles. The molecule has 0 aliphatic carbocycles. The van der Waals surface area contributed by atoms with E-state index in [1.165, 1.54) is 11.8 Å². The molecule has 0 saturated heterocycles. The first-order chi connectivity index (χ1) is 15.9. The van der Waals surface area contributed by atoms with E-state index < -0.39 is 0 Å². The second-order valence-electron chi connectivity index (χ2n) is 7.64. The zero-order chi connectivity index (χ0) is 23.4. The summed E-state index contributed by atoms with van der Waals surface area (Å²) >= 11 is 6.02. The van der Waals surface area contributed by atoms with Crippen LogP contribution in [0.1, 0.15) is 18.1 Å². The first kappa shape index (κ1) is 22.3. The minimum atomic E-state index is -0.383. The van der Waals surface area contributed by atoms with Gasteiger partial charge in [0.05, 0.1) is 5.57 Å². The maximum absolute atomic E-state index is 13.3. The van der Waals surface area contributed by atoms with Crippen LogP contribution in [0.25, 0.3) is 5.57 Å². The standard InChI is InChI=1S/C26H22ClN3O3/c1-17(31)28-21-11-13-22(14-12-21)29-24-23(19-7-9-20(27)10-8-19)25(32)30(26(24)33)16-15-18-5-3-2-4-6-18/h2-14,29H,15-16H2,1H3,(H,28,31). The molecule has 0 atom stereocenters. The lowest BCUT2D eigenvalue weighted by atomic mass is 10.0. The van der Waals surface area contributed by atoms with Crippen molar-refractivity contribution in [3.63, 3.8) is 0 Å². The third-order valence-electron chi connectivity index (χ3n) is 5.24. The Morgan fingerprint density at radius 1 is 0.848 bits per heavy atom. The topological polar surface area (TPSA) is 78.5 Å². The van der Waals surface area contributed by atoms with Crippen molar-refractivity contribution in [2.24, 2.45) is 0 Å². The van der Waals surface area contributed by atoms with Gasteiger partial charge in [0.15, 0.2) is 0 Å². The van der Waals surface area contributed by atoms with Gasteiger partial charge < -0.3 is 10.6 Å². The van der Waals surface area contributed by atoms with Crippen LogP contribution >= 0.6 is 11.6 Å². The predicted octanol–water partition coefficient (Wildman–Crippen LogP) is 4.73. The molecule has 3 aromatic rings. The monoisotopic (exact) mass is 459 g/mol. The van der Waals surface area contributed by atoms with E-state index in [4.69, 9.17) is 11.6 Å². The zero-order valence-corrected chi connectivity index (χ0v) is 18.7. The molecule has 4 rings (SSSR count). The van der Waals surface area contributed by atoms with Gasteiger partial charge in [0.1, 0.15) is 5.70 Å². The van der Waals surface area contributed by atoms with Gasteiger partial charge in [0.25, 0.3) is 11.8 Å². The lowest BCUT2D eigenvalue weighted by molar-refractivity contribution is -0.136. The van der Waals surface area contributed by atoms with Crippen LogP contribution in [0.4, 0.5) is 11.4 Å². The zero-order valence-electron chi connectivity index (χ0n) is 18.0. The van der Waals surface area contributed by atoms with Crippen LogP contribution in [-0.4, -0.2) is 29.2 Å². The van der Waals surface area contributed by atoms with Gasteiger partial charge in [-0.1, -0.05) is 54.1 Å². The molecule has 7 heteroatoms. The Labute approximate surface area is 196 Å². The van der Waals surface area contributed by atoms with Crippen molar-refractivity contribution in [2.45, 2.75) is 13.3 Å². The average molecular weight is 460 g/mol. The summed E-state index contributed by atoms with van der Waals surface area (Å²) in [5.41, 5.74) is 3.42. The summed E-state index contributed by atoms with van der Waals surface area (Å²) in [7, 11) is 0. The van der Waals surface area contributed by atoms with Crippen LogP contribution in [0.5, 0.6) is 0 Å². The van der Waals surface area contributed by atoms with Crippen molar-refractivity contribution in [3.05, 3.63) is 101 Å². The number of hydrogen-bond donors (Lipinski definition) is 2. The Kier molecular flexibility index (Phi) is 6.56. The number of hydrogen-bond acceptors (Lipinski definition) is 4. The molecule has 0 saturated carbocycles. The van der Waals surface area contributed by atoms with Crippen molar-refractivity contribution in [2.75, 3.05) is 17.2 Å². The van der Waals surface area contributed by atoms with Gasteiger partial charge >= 0.3 is 0 Å². The van der Waals surface area contributed by atoms with E-state index in [-0.39, 0.29) is 30.0 Å². The summed E-state index contributed by atoms with van der Waals surface area (Å²) in [6, 6.07) is 23.5. The van der Waals surface area contributed by atoms with Crippen molar-refractivity contribution < 1.29 is 14.4 Å². The lowest BCUT2D eigenvalue weighted by Crippen LogP contribution is -2.34. The maximum atomic E-state index is 13.3. The first-order valence-electron chi connectivity index (χ1n) is 10.5. The highest BCUT2D eigenvalue weighted by Crippen LogP contribution is 2.31. The summed E-state index contributed by atoms with van der Waals surface area (Å²) in [5, 5.41) is 6.36. The Morgan fingerprint density at radius 2 is 1.48 bits per heavy atom. The van der Waals surface area contributed by atoms with Crippen LogP contribution in [-0.2, 0) is 20.8 Å². The number of carbonyl (C=O) groups is 3. The van der Waals surface area contributed by atoms with Crippen LogP contribution in [0.2, 0.25) is 5.02 Å². The molecule has 3 amide bonds. The molecular formula is C26H22ClN3O3. The maximum Gasteiger partial charge on any atom is 0.278 e. The van der Waals surface area contributed by atoms with Crippen molar-refractivity contribution in [1.29, 1.82) is 0 Å². The predicted molar refractivity (Wildman–Crippen MR) is 130 cm³/mol. The summed E-state index contributed by atoms with van der Waals surface area (Å²) in [4.78, 5) is 39.1. The smallest absolute Gasteiger partial charge is 0.278 e. The molecule has 0 unspecified atom stereocenters. The average Bonchev–Trinajstić information content (AvgIpc) is 3.03. The molecule has 166 valence electrons. The molecule has 2 N–H and O–H groups in total. The van der Waals surface area contributed by atoms with Crippen LogP contribution < -0.4 is 10.6 Å². The van der Waals surface area contributed by atoms with Gasteiger partial charge in [-0.25, -0.2) is 0 Å². The second-order valence-corrected chi connectivity index (χ2v) is 8.07. The minimum absolute atomic E-state index is 0.172. The molecular weight excluding hydrogens is 438 g/mol. The van der Waals surface area contributed by atoms with Gasteiger partial charge in [-0.05, 0) is 53.9 Å². The number of rotatable bonds is 7. The van der Waals surface area contributed by atoms with Crippen LogP contribution in [0.15, 0.2) is 84.6 Å². The van der Waals surface area contributed by atoms with Crippen LogP contribution in [0.3, 0.4) is 0 Å². The molecule has 0 radical (unpaired) electrons. The Morgan fingerprint density at radius 3 is 2.12 bits per heavy atom. The Balaban J connectivity index is 1.63. The highest BCUT2D eigenvalue weighted by atomic mass is 35.5. The second kappa shape index (κ2) is 9.71. The summed E-state index contributed by atoms with van der Waals surface area (Å²) in [6.07, 6.45) is 0.560. The highest BCUT2D eigenvalue weighted by molar-refractivity contribution is 6.37. The molecule has 3 aromatic carbocycles. The fraction of sp³-hybridized carbons (Fsp3) is 0.115. The van der Waals surface area contributed by atoms with Gasteiger partial charge in [0.2, 0.25) is 5.91 Å². The molecule has 1 aliphatic heterocycles. The van der Waals surface area contributed by atoms with E-state index in [0.717, 1.165) is 5.56 Å². The number of benzene rings is 3. The summed E-state index contributed by atoms with van der Waals surface area (Å²) in [6.45, 7) is 1.70. The van der Waals surface area contributed by atoms with Gasteiger partial charge in [0, 0.05) is 29.9 Å². The van der Waals surface area contributed by atoms with Crippen molar-refractivity contribution in [3.8, 4) is 0 Å². The fourth-order valence-corrected chi connectivity index (χ4v) is 3.78. The number of carbonyl (C=O) groups excluding carboxylic acids is 3. The molecule has 6 nitrogen and oxygen atoms in total. The summed E-state index contributed by atoms with van der Waals surface area (Å²) in [5.74, 6) is -0.906. The third kappa shape index (κ3) is 5.13. The summed E-state index contributed by atoms with van der Waals surface area (Å²) < 4.78 is 0. The molecule has 0 fully saturated rings. The number of halogens is 1. The van der Waals surface area contributed by atoms with Crippen molar-refractivity contribution >= 4 is 46.3 Å². The minimum Gasteiger partial charge on any atom is -0.350 e. The van der Waals surface area contributed by atoms with E-state index in [9.17, 15) is 14.4 Å². The number of nitrogens with zero attached hydrogens (tertiary/aromatic N) is 1. The van der Waals surface area contributed by atoms with Gasteiger partial charge in [-0.15, -0.1) is 0 Å². The number of anilines is 2. The van der Waals surface area contributed by atoms with E-state index >= 15 is 0 Å². The number of imide groups is 1. The van der Waals surface area contributed by atoms with Crippen molar-refractivity contribution in [1.82, 2.24) is 4.90 Å². The molecule has 0 spiro atoms. The number of nitrogens with one attached hydrogen (secondary N) is 2. The van der Waals surface area contributed by atoms with Gasteiger partial charge in [-0.2, -0.15) is 0 Å².